The summed E-state index contributed by atoms with van der Waals surface area (Å²) in [5, 5.41) is 2.83. The Labute approximate surface area is 138 Å². The van der Waals surface area contributed by atoms with Gasteiger partial charge in [-0.15, -0.1) is 0 Å². The van der Waals surface area contributed by atoms with Crippen LogP contribution in [0.4, 0.5) is 5.69 Å². The van der Waals surface area contributed by atoms with E-state index in [9.17, 15) is 9.59 Å². The number of rotatable bonds is 5. The molecule has 1 heterocycles. The fraction of sp³-hybridized carbons (Fsp3) is 0.111. The second-order valence-corrected chi connectivity index (χ2v) is 5.22. The molecule has 2 aromatic carbocycles. The fourth-order valence-corrected chi connectivity index (χ4v) is 2.49. The number of hydrogen-bond acceptors (Lipinski definition) is 4. The van der Waals surface area contributed by atoms with E-state index in [1.807, 2.05) is 24.3 Å². The number of ether oxygens (including phenoxy) is 2. The molecule has 2 aromatic rings. The Balaban J connectivity index is 1.93. The van der Waals surface area contributed by atoms with Crippen molar-refractivity contribution in [2.75, 3.05) is 19.0 Å². The lowest BCUT2D eigenvalue weighted by Gasteiger charge is -2.10. The van der Waals surface area contributed by atoms with Crippen molar-refractivity contribution in [1.29, 1.82) is 0 Å². The lowest BCUT2D eigenvalue weighted by atomic mass is 10.0. The molecule has 6 nitrogen and oxygen atoms in total. The number of primary amides is 1. The zero-order chi connectivity index (χ0) is 17.1. The van der Waals surface area contributed by atoms with E-state index >= 15 is 0 Å². The van der Waals surface area contributed by atoms with Gasteiger partial charge in [-0.25, -0.2) is 0 Å². The zero-order valence-corrected chi connectivity index (χ0v) is 13.0. The number of benzene rings is 2. The Morgan fingerprint density at radius 1 is 1.21 bits per heavy atom. The van der Waals surface area contributed by atoms with Crippen LogP contribution in [0.3, 0.4) is 0 Å². The van der Waals surface area contributed by atoms with Crippen LogP contribution in [0.15, 0.2) is 42.5 Å². The quantitative estimate of drug-likeness (QED) is 0.824. The van der Waals surface area contributed by atoms with Gasteiger partial charge in [-0.05, 0) is 29.8 Å². The number of hydrogen-bond donors (Lipinski definition) is 2. The third-order valence-corrected chi connectivity index (χ3v) is 3.58. The van der Waals surface area contributed by atoms with Crippen molar-refractivity contribution in [1.82, 2.24) is 0 Å². The first-order valence-corrected chi connectivity index (χ1v) is 7.30. The smallest absolute Gasteiger partial charge is 0.256 e. The minimum atomic E-state index is -0.567. The van der Waals surface area contributed by atoms with Crippen LogP contribution in [0.25, 0.3) is 11.6 Å². The Hall–Kier alpha value is -3.28. The summed E-state index contributed by atoms with van der Waals surface area (Å²) in [6, 6.07) is 12.7. The number of methoxy groups -OCH3 is 1. The minimum absolute atomic E-state index is 0.149. The molecule has 0 aromatic heterocycles. The number of nitrogens with one attached hydrogen (secondary N) is 1. The second kappa shape index (κ2) is 6.45. The Kier molecular flexibility index (Phi) is 4.20. The third-order valence-electron chi connectivity index (χ3n) is 3.58. The maximum atomic E-state index is 12.1. The van der Waals surface area contributed by atoms with Gasteiger partial charge < -0.3 is 20.5 Å². The molecule has 0 bridgehead atoms. The van der Waals surface area contributed by atoms with Crippen molar-refractivity contribution in [3.05, 3.63) is 53.6 Å². The highest BCUT2D eigenvalue weighted by Crippen LogP contribution is 2.34. The van der Waals surface area contributed by atoms with Crippen molar-refractivity contribution < 1.29 is 19.1 Å². The molecule has 0 spiro atoms. The van der Waals surface area contributed by atoms with E-state index in [0.717, 1.165) is 16.8 Å². The maximum absolute atomic E-state index is 12.1. The molecule has 0 aliphatic carbocycles. The predicted molar refractivity (Wildman–Crippen MR) is 90.6 cm³/mol. The molecule has 0 saturated carbocycles. The van der Waals surface area contributed by atoms with Gasteiger partial charge in [-0.3, -0.25) is 9.59 Å². The molecule has 24 heavy (non-hydrogen) atoms. The van der Waals surface area contributed by atoms with Crippen LogP contribution in [0.2, 0.25) is 0 Å². The van der Waals surface area contributed by atoms with Gasteiger partial charge in [-0.1, -0.05) is 24.3 Å². The molecule has 122 valence electrons. The van der Waals surface area contributed by atoms with Gasteiger partial charge in [-0.2, -0.15) is 0 Å². The van der Waals surface area contributed by atoms with Crippen LogP contribution in [0.1, 0.15) is 11.1 Å². The van der Waals surface area contributed by atoms with Gasteiger partial charge in [0.05, 0.1) is 7.11 Å². The highest BCUT2D eigenvalue weighted by Gasteiger charge is 2.23. The number of fused-ring (bicyclic) bond motifs is 1. The van der Waals surface area contributed by atoms with E-state index in [-0.39, 0.29) is 12.5 Å². The van der Waals surface area contributed by atoms with E-state index < -0.39 is 5.91 Å². The largest absolute Gasteiger partial charge is 0.493 e. The number of para-hydroxylation sites is 1. The molecular weight excluding hydrogens is 308 g/mol. The molecule has 0 atom stereocenters. The van der Waals surface area contributed by atoms with Gasteiger partial charge in [0.25, 0.3) is 11.8 Å². The summed E-state index contributed by atoms with van der Waals surface area (Å²) in [5.41, 5.74) is 8.08. The minimum Gasteiger partial charge on any atom is -0.493 e. The molecule has 0 radical (unpaired) electrons. The van der Waals surface area contributed by atoms with Crippen LogP contribution in [0.5, 0.6) is 11.5 Å². The second-order valence-electron chi connectivity index (χ2n) is 5.22. The molecule has 3 rings (SSSR count). The van der Waals surface area contributed by atoms with E-state index in [0.29, 0.717) is 17.1 Å². The van der Waals surface area contributed by atoms with E-state index in [4.69, 9.17) is 15.2 Å². The van der Waals surface area contributed by atoms with E-state index in [2.05, 4.69) is 5.32 Å². The fourth-order valence-electron chi connectivity index (χ4n) is 2.49. The van der Waals surface area contributed by atoms with Crippen molar-refractivity contribution in [3.63, 3.8) is 0 Å². The normalized spacial score (nSPS) is 14.2. The van der Waals surface area contributed by atoms with Crippen molar-refractivity contribution in [2.45, 2.75) is 0 Å². The van der Waals surface area contributed by atoms with E-state index in [1.165, 1.54) is 7.11 Å². The lowest BCUT2D eigenvalue weighted by Crippen LogP contribution is -2.20. The first-order chi connectivity index (χ1) is 11.6. The van der Waals surface area contributed by atoms with Gasteiger partial charge >= 0.3 is 0 Å². The number of anilines is 1. The van der Waals surface area contributed by atoms with Crippen LogP contribution in [0, 0.1) is 0 Å². The molecule has 0 saturated heterocycles. The predicted octanol–water partition coefficient (Wildman–Crippen LogP) is 2.05. The number of carbonyl (C=O) groups is 2. The van der Waals surface area contributed by atoms with Crippen molar-refractivity contribution >= 4 is 29.2 Å². The van der Waals surface area contributed by atoms with Gasteiger partial charge in [0.1, 0.15) is 0 Å². The Morgan fingerprint density at radius 3 is 2.75 bits per heavy atom. The monoisotopic (exact) mass is 324 g/mol. The summed E-state index contributed by atoms with van der Waals surface area (Å²) in [4.78, 5) is 23.0. The third kappa shape index (κ3) is 3.08. The Bertz CT molecular complexity index is 843. The van der Waals surface area contributed by atoms with Gasteiger partial charge in [0.15, 0.2) is 18.1 Å². The molecular formula is C18H16N2O4. The number of nitrogens with two attached hydrogens (primary N) is 1. The van der Waals surface area contributed by atoms with E-state index in [1.54, 1.807) is 24.3 Å². The number of amides is 2. The maximum Gasteiger partial charge on any atom is 0.256 e. The summed E-state index contributed by atoms with van der Waals surface area (Å²) >= 11 is 0. The average Bonchev–Trinajstić information content (AvgIpc) is 2.89. The first kappa shape index (κ1) is 15.6. The molecule has 1 aliphatic rings. The summed E-state index contributed by atoms with van der Waals surface area (Å²) in [6.07, 6.45) is 1.78. The summed E-state index contributed by atoms with van der Waals surface area (Å²) < 4.78 is 10.6. The molecule has 3 N–H and O–H groups in total. The molecule has 6 heteroatoms. The van der Waals surface area contributed by atoms with Gasteiger partial charge in [0.2, 0.25) is 0 Å². The van der Waals surface area contributed by atoms with Crippen LogP contribution >= 0.6 is 0 Å². The molecule has 2 amide bonds. The zero-order valence-electron chi connectivity index (χ0n) is 13.0. The first-order valence-electron chi connectivity index (χ1n) is 7.30. The SMILES string of the molecule is COc1cc(/C=C2/C(=O)Nc3ccccc32)ccc1OCC(N)=O. The highest BCUT2D eigenvalue weighted by atomic mass is 16.5. The summed E-state index contributed by atoms with van der Waals surface area (Å²) in [5.74, 6) is 0.152. The van der Waals surface area contributed by atoms with Crippen LogP contribution in [-0.4, -0.2) is 25.5 Å². The van der Waals surface area contributed by atoms with Gasteiger partial charge in [0, 0.05) is 16.8 Å². The molecule has 1 aliphatic heterocycles. The van der Waals surface area contributed by atoms with Crippen LogP contribution in [-0.2, 0) is 9.59 Å². The summed E-state index contributed by atoms with van der Waals surface area (Å²) in [7, 11) is 1.50. The topological polar surface area (TPSA) is 90.7 Å². The molecule has 0 fully saturated rings. The Morgan fingerprint density at radius 2 is 2.00 bits per heavy atom. The highest BCUT2D eigenvalue weighted by molar-refractivity contribution is 6.34. The lowest BCUT2D eigenvalue weighted by molar-refractivity contribution is -0.120. The average molecular weight is 324 g/mol. The summed E-state index contributed by atoms with van der Waals surface area (Å²) in [6.45, 7) is -0.230. The number of carbonyl (C=O) groups excluding carboxylic acids is 2. The van der Waals surface area contributed by atoms with Crippen molar-refractivity contribution in [3.8, 4) is 11.5 Å². The van der Waals surface area contributed by atoms with Crippen molar-refractivity contribution in [2.24, 2.45) is 5.73 Å². The standard InChI is InChI=1S/C18H16N2O4/c1-23-16-9-11(6-7-15(16)24-10-17(19)21)8-13-12-4-2-3-5-14(12)20-18(13)22/h2-9H,10H2,1H3,(H2,19,21)(H,20,22)/b13-8+. The molecule has 0 unspecified atom stereocenters. The van der Waals surface area contributed by atoms with Crippen LogP contribution < -0.4 is 20.5 Å².